The molecule has 2 aromatic rings. The van der Waals surface area contributed by atoms with E-state index in [2.05, 4.69) is 0 Å². The van der Waals surface area contributed by atoms with Crippen LogP contribution in [-0.2, 0) is 23.1 Å². The van der Waals surface area contributed by atoms with Crippen molar-refractivity contribution in [3.63, 3.8) is 0 Å². The number of rotatable bonds is 8. The van der Waals surface area contributed by atoms with Gasteiger partial charge in [-0.2, -0.15) is 0 Å². The minimum atomic E-state index is -0.373. The second-order valence-corrected chi connectivity index (χ2v) is 5.10. The summed E-state index contributed by atoms with van der Waals surface area (Å²) in [5.41, 5.74) is 7.70. The van der Waals surface area contributed by atoms with E-state index in [0.29, 0.717) is 42.7 Å². The number of ether oxygens (including phenoxy) is 4. The highest BCUT2D eigenvalue weighted by atomic mass is 16.5. The number of carbonyl (C=O) groups is 1. The summed E-state index contributed by atoms with van der Waals surface area (Å²) in [5, 5.41) is 0. The van der Waals surface area contributed by atoms with E-state index < -0.39 is 0 Å². The number of hydrogen-bond acceptors (Lipinski definition) is 6. The van der Waals surface area contributed by atoms with Crippen molar-refractivity contribution >= 4 is 11.7 Å². The number of nitrogen functional groups attached to an aromatic ring is 1. The first-order valence-electron chi connectivity index (χ1n) is 7.43. The normalized spacial score (nSPS) is 10.5. The zero-order valence-corrected chi connectivity index (χ0v) is 14.1. The fourth-order valence-electron chi connectivity index (χ4n) is 2.20. The summed E-state index contributed by atoms with van der Waals surface area (Å²) in [6, 6.07) is 8.74. The molecular weight excluding hydrogens is 312 g/mol. The largest absolute Gasteiger partial charge is 0.497 e. The molecule has 0 fully saturated rings. The van der Waals surface area contributed by atoms with Crippen LogP contribution in [0.25, 0.3) is 0 Å². The molecule has 0 spiro atoms. The zero-order chi connectivity index (χ0) is 17.5. The molecular formula is C17H22N2O5. The molecule has 1 heterocycles. The van der Waals surface area contributed by atoms with Crippen LogP contribution in [0.15, 0.2) is 30.3 Å². The van der Waals surface area contributed by atoms with Crippen molar-refractivity contribution in [2.24, 2.45) is 7.05 Å². The lowest BCUT2D eigenvalue weighted by Crippen LogP contribution is -2.11. The molecule has 0 amide bonds. The second kappa shape index (κ2) is 8.26. The van der Waals surface area contributed by atoms with Gasteiger partial charge in [0.15, 0.2) is 0 Å². The van der Waals surface area contributed by atoms with Crippen molar-refractivity contribution in [2.75, 3.05) is 33.2 Å². The van der Waals surface area contributed by atoms with Gasteiger partial charge in [-0.15, -0.1) is 0 Å². The van der Waals surface area contributed by atoms with Crippen molar-refractivity contribution in [3.8, 4) is 11.5 Å². The average molecular weight is 334 g/mol. The van der Waals surface area contributed by atoms with Gasteiger partial charge in [0.1, 0.15) is 23.8 Å². The van der Waals surface area contributed by atoms with Crippen molar-refractivity contribution in [2.45, 2.75) is 6.61 Å². The summed E-state index contributed by atoms with van der Waals surface area (Å²) >= 11 is 0. The Kier molecular flexibility index (Phi) is 6.08. The number of aromatic nitrogens is 1. The van der Waals surface area contributed by atoms with Crippen LogP contribution in [0.2, 0.25) is 0 Å². The summed E-state index contributed by atoms with van der Waals surface area (Å²) in [5.74, 6) is 0.898. The maximum absolute atomic E-state index is 11.5. The van der Waals surface area contributed by atoms with Gasteiger partial charge in [0.2, 0.25) is 0 Å². The second-order valence-electron chi connectivity index (χ2n) is 5.10. The number of benzene rings is 1. The Balaban J connectivity index is 1.79. The van der Waals surface area contributed by atoms with E-state index in [4.69, 9.17) is 24.7 Å². The van der Waals surface area contributed by atoms with E-state index in [0.717, 1.165) is 5.69 Å². The summed E-state index contributed by atoms with van der Waals surface area (Å²) in [6.45, 7) is 1.15. The molecule has 0 aliphatic rings. The monoisotopic (exact) mass is 334 g/mol. The molecule has 0 unspecified atom stereocenters. The lowest BCUT2D eigenvalue weighted by atomic mass is 10.3. The van der Waals surface area contributed by atoms with Gasteiger partial charge in [-0.1, -0.05) is 0 Å². The molecule has 0 atom stereocenters. The Morgan fingerprint density at radius 1 is 1.12 bits per heavy atom. The molecule has 0 saturated heterocycles. The highest BCUT2D eigenvalue weighted by molar-refractivity contribution is 5.87. The number of carbonyl (C=O) groups excluding carboxylic acids is 1. The Morgan fingerprint density at radius 2 is 1.88 bits per heavy atom. The van der Waals surface area contributed by atoms with Gasteiger partial charge in [0, 0.05) is 36.6 Å². The van der Waals surface area contributed by atoms with Crippen LogP contribution in [0.1, 0.15) is 16.2 Å². The summed E-state index contributed by atoms with van der Waals surface area (Å²) in [6.07, 6.45) is 0. The SMILES string of the molecule is COC(=O)c1ccc(COCCOc2cc(N)cc(OC)c2)n1C. The van der Waals surface area contributed by atoms with E-state index in [1.807, 2.05) is 6.07 Å². The van der Waals surface area contributed by atoms with Crippen LogP contribution >= 0.6 is 0 Å². The summed E-state index contributed by atoms with van der Waals surface area (Å²) < 4.78 is 22.8. The maximum Gasteiger partial charge on any atom is 0.354 e. The standard InChI is InChI=1S/C17H22N2O5/c1-19-13(4-5-16(19)17(20)22-3)11-23-6-7-24-15-9-12(18)8-14(10-15)21-2/h4-5,8-10H,6-7,11,18H2,1-3H3. The average Bonchev–Trinajstić information content (AvgIpc) is 2.94. The van der Waals surface area contributed by atoms with Crippen molar-refractivity contribution < 1.29 is 23.7 Å². The molecule has 7 nitrogen and oxygen atoms in total. The number of anilines is 1. The first kappa shape index (κ1) is 17.7. The van der Waals surface area contributed by atoms with E-state index in [-0.39, 0.29) is 5.97 Å². The van der Waals surface area contributed by atoms with Crippen molar-refractivity contribution in [1.82, 2.24) is 4.57 Å². The van der Waals surface area contributed by atoms with Crippen LogP contribution < -0.4 is 15.2 Å². The summed E-state index contributed by atoms with van der Waals surface area (Å²) in [7, 11) is 4.72. The Labute approximate surface area is 140 Å². The van der Waals surface area contributed by atoms with E-state index >= 15 is 0 Å². The van der Waals surface area contributed by atoms with Crippen molar-refractivity contribution in [1.29, 1.82) is 0 Å². The molecule has 2 rings (SSSR count). The molecule has 2 N–H and O–H groups in total. The molecule has 0 radical (unpaired) electrons. The van der Waals surface area contributed by atoms with E-state index in [9.17, 15) is 4.79 Å². The van der Waals surface area contributed by atoms with Crippen LogP contribution in [0.5, 0.6) is 11.5 Å². The van der Waals surface area contributed by atoms with Crippen LogP contribution in [0.4, 0.5) is 5.69 Å². The van der Waals surface area contributed by atoms with E-state index in [1.54, 1.807) is 43.0 Å². The third kappa shape index (κ3) is 4.42. The van der Waals surface area contributed by atoms with Gasteiger partial charge < -0.3 is 29.2 Å². The van der Waals surface area contributed by atoms with Crippen LogP contribution in [-0.4, -0.2) is 38.0 Å². The van der Waals surface area contributed by atoms with Crippen LogP contribution in [0.3, 0.4) is 0 Å². The molecule has 0 bridgehead atoms. The van der Waals surface area contributed by atoms with Gasteiger partial charge in [-0.3, -0.25) is 0 Å². The highest BCUT2D eigenvalue weighted by Gasteiger charge is 2.12. The number of esters is 1. The minimum absolute atomic E-state index is 0.372. The Bertz CT molecular complexity index is 696. The first-order chi connectivity index (χ1) is 11.5. The minimum Gasteiger partial charge on any atom is -0.497 e. The fraction of sp³-hybridized carbons (Fsp3) is 0.353. The van der Waals surface area contributed by atoms with Gasteiger partial charge >= 0.3 is 5.97 Å². The lowest BCUT2D eigenvalue weighted by molar-refractivity contribution is 0.0586. The molecule has 130 valence electrons. The quantitative estimate of drug-likeness (QED) is 0.451. The molecule has 1 aromatic heterocycles. The molecule has 7 heteroatoms. The Morgan fingerprint density at radius 3 is 2.58 bits per heavy atom. The predicted octanol–water partition coefficient (Wildman–Crippen LogP) is 2.00. The first-order valence-corrected chi connectivity index (χ1v) is 7.43. The number of nitrogens with two attached hydrogens (primary N) is 1. The smallest absolute Gasteiger partial charge is 0.354 e. The molecule has 1 aromatic carbocycles. The van der Waals surface area contributed by atoms with Gasteiger partial charge in [-0.05, 0) is 12.1 Å². The van der Waals surface area contributed by atoms with Crippen LogP contribution in [0, 0.1) is 0 Å². The topological polar surface area (TPSA) is 84.9 Å². The maximum atomic E-state index is 11.5. The Hall–Kier alpha value is -2.67. The fourth-order valence-corrected chi connectivity index (χ4v) is 2.20. The number of nitrogens with zero attached hydrogens (tertiary/aromatic N) is 1. The predicted molar refractivity (Wildman–Crippen MR) is 89.3 cm³/mol. The van der Waals surface area contributed by atoms with Gasteiger partial charge in [-0.25, -0.2) is 4.79 Å². The third-order valence-electron chi connectivity index (χ3n) is 3.50. The highest BCUT2D eigenvalue weighted by Crippen LogP contribution is 2.23. The lowest BCUT2D eigenvalue weighted by Gasteiger charge is -2.10. The molecule has 0 aliphatic heterocycles. The zero-order valence-electron chi connectivity index (χ0n) is 14.1. The number of hydrogen-bond donors (Lipinski definition) is 1. The molecule has 0 aliphatic carbocycles. The molecule has 24 heavy (non-hydrogen) atoms. The third-order valence-corrected chi connectivity index (χ3v) is 3.50. The van der Waals surface area contributed by atoms with E-state index in [1.165, 1.54) is 7.11 Å². The van der Waals surface area contributed by atoms with Gasteiger partial charge in [0.25, 0.3) is 0 Å². The van der Waals surface area contributed by atoms with Crippen molar-refractivity contribution in [3.05, 3.63) is 41.7 Å². The van der Waals surface area contributed by atoms with Gasteiger partial charge in [0.05, 0.1) is 27.4 Å². The summed E-state index contributed by atoms with van der Waals surface area (Å²) in [4.78, 5) is 11.5. The molecule has 0 saturated carbocycles. The number of methoxy groups -OCH3 is 2.